The lowest BCUT2D eigenvalue weighted by Gasteiger charge is -2.12. The number of carbonyl (C=O) groups is 2. The van der Waals surface area contributed by atoms with Crippen molar-refractivity contribution >= 4 is 44.9 Å². The first kappa shape index (κ1) is 17.3. The molecule has 2 aromatic carbocycles. The third-order valence-electron chi connectivity index (χ3n) is 3.57. The minimum absolute atomic E-state index is 0.103. The highest BCUT2D eigenvalue weighted by atomic mass is 79.9. The number of amides is 2. The Morgan fingerprint density at radius 2 is 1.92 bits per heavy atom. The predicted octanol–water partition coefficient (Wildman–Crippen LogP) is 4.26. The van der Waals surface area contributed by atoms with E-state index < -0.39 is 0 Å². The van der Waals surface area contributed by atoms with Crippen molar-refractivity contribution in [1.29, 1.82) is 5.26 Å². The van der Waals surface area contributed by atoms with E-state index in [0.717, 1.165) is 17.3 Å². The van der Waals surface area contributed by atoms with Crippen molar-refractivity contribution in [2.75, 3.05) is 0 Å². The summed E-state index contributed by atoms with van der Waals surface area (Å²) in [7, 11) is 0. The van der Waals surface area contributed by atoms with E-state index in [1.165, 1.54) is 11.0 Å². The maximum atomic E-state index is 12.5. The van der Waals surface area contributed by atoms with E-state index >= 15 is 0 Å². The molecule has 0 aromatic heterocycles. The Morgan fingerprint density at radius 3 is 2.56 bits per heavy atom. The molecule has 0 unspecified atom stereocenters. The first-order valence-corrected chi connectivity index (χ1v) is 8.82. The number of benzene rings is 2. The van der Waals surface area contributed by atoms with E-state index in [0.29, 0.717) is 20.5 Å². The third-order valence-corrected chi connectivity index (χ3v) is 5.11. The second-order valence-corrected chi connectivity index (χ2v) is 7.13. The van der Waals surface area contributed by atoms with Gasteiger partial charge in [-0.25, -0.2) is 0 Å². The number of aromatic hydroxyl groups is 1. The molecular formula is C18H11BrN2O3S. The van der Waals surface area contributed by atoms with Crippen molar-refractivity contribution in [3.05, 3.63) is 68.5 Å². The standard InChI is InChI=1S/C18H11BrN2O3S/c19-14-7-13(5-6-15(14)22)8-16-17(23)21(18(24)25-16)10-12-3-1-11(9-20)2-4-12/h1-8,22H,10H2/b16-8+. The number of phenols is 1. The number of hydrogen-bond acceptors (Lipinski definition) is 5. The molecule has 124 valence electrons. The zero-order valence-electron chi connectivity index (χ0n) is 12.8. The number of phenolic OH excluding ortho intramolecular Hbond substituents is 1. The highest BCUT2D eigenvalue weighted by Gasteiger charge is 2.34. The third kappa shape index (κ3) is 3.76. The molecule has 2 amide bonds. The monoisotopic (exact) mass is 414 g/mol. The van der Waals surface area contributed by atoms with Gasteiger partial charge in [-0.3, -0.25) is 14.5 Å². The Morgan fingerprint density at radius 1 is 1.20 bits per heavy atom. The molecule has 0 aliphatic carbocycles. The van der Waals surface area contributed by atoms with E-state index in [-0.39, 0.29) is 23.4 Å². The molecule has 1 aliphatic heterocycles. The van der Waals surface area contributed by atoms with Gasteiger partial charge in [0.2, 0.25) is 0 Å². The normalized spacial score (nSPS) is 15.7. The second-order valence-electron chi connectivity index (χ2n) is 5.29. The molecule has 0 spiro atoms. The largest absolute Gasteiger partial charge is 0.507 e. The van der Waals surface area contributed by atoms with Gasteiger partial charge in [-0.2, -0.15) is 5.26 Å². The summed E-state index contributed by atoms with van der Waals surface area (Å²) in [6.07, 6.45) is 1.62. The van der Waals surface area contributed by atoms with Crippen LogP contribution in [0.1, 0.15) is 16.7 Å². The second kappa shape index (κ2) is 7.13. The summed E-state index contributed by atoms with van der Waals surface area (Å²) in [6.45, 7) is 0.160. The van der Waals surface area contributed by atoms with Crippen LogP contribution >= 0.6 is 27.7 Å². The van der Waals surface area contributed by atoms with Crippen molar-refractivity contribution in [1.82, 2.24) is 4.90 Å². The molecule has 2 aromatic rings. The molecular weight excluding hydrogens is 404 g/mol. The van der Waals surface area contributed by atoms with E-state index in [9.17, 15) is 14.7 Å². The average molecular weight is 415 g/mol. The van der Waals surface area contributed by atoms with Crippen molar-refractivity contribution in [3.8, 4) is 11.8 Å². The fraction of sp³-hybridized carbons (Fsp3) is 0.0556. The van der Waals surface area contributed by atoms with Gasteiger partial charge in [-0.1, -0.05) is 18.2 Å². The molecule has 25 heavy (non-hydrogen) atoms. The molecule has 1 fully saturated rings. The van der Waals surface area contributed by atoms with Crippen LogP contribution in [0.2, 0.25) is 0 Å². The maximum Gasteiger partial charge on any atom is 0.293 e. The first-order chi connectivity index (χ1) is 12.0. The van der Waals surface area contributed by atoms with Crippen LogP contribution in [0.15, 0.2) is 51.8 Å². The van der Waals surface area contributed by atoms with Crippen molar-refractivity contribution in [2.45, 2.75) is 6.54 Å². The summed E-state index contributed by atoms with van der Waals surface area (Å²) < 4.78 is 0.512. The smallest absolute Gasteiger partial charge is 0.293 e. The van der Waals surface area contributed by atoms with Crippen molar-refractivity contribution in [2.24, 2.45) is 0 Å². The lowest BCUT2D eigenvalue weighted by atomic mass is 10.1. The quantitative estimate of drug-likeness (QED) is 0.758. The molecule has 1 aliphatic rings. The van der Waals surface area contributed by atoms with Gasteiger partial charge < -0.3 is 5.11 Å². The van der Waals surface area contributed by atoms with Crippen LogP contribution in [0.3, 0.4) is 0 Å². The number of rotatable bonds is 3. The number of nitrogens with zero attached hydrogens (tertiary/aromatic N) is 2. The summed E-state index contributed by atoms with van der Waals surface area (Å²) in [5.41, 5.74) is 2.00. The van der Waals surface area contributed by atoms with Gasteiger partial charge >= 0.3 is 0 Å². The van der Waals surface area contributed by atoms with Gasteiger partial charge in [0.1, 0.15) is 5.75 Å². The molecule has 3 rings (SSSR count). The number of carbonyl (C=O) groups excluding carboxylic acids is 2. The summed E-state index contributed by atoms with van der Waals surface area (Å²) in [5.74, 6) is -0.255. The average Bonchev–Trinajstić information content (AvgIpc) is 2.86. The van der Waals surface area contributed by atoms with Gasteiger partial charge in [-0.05, 0) is 69.2 Å². The first-order valence-electron chi connectivity index (χ1n) is 7.21. The molecule has 5 nitrogen and oxygen atoms in total. The summed E-state index contributed by atoms with van der Waals surface area (Å²) in [4.78, 5) is 26.2. The highest BCUT2D eigenvalue weighted by Crippen LogP contribution is 2.34. The van der Waals surface area contributed by atoms with Crippen LogP contribution in [0.5, 0.6) is 5.75 Å². The predicted molar refractivity (Wildman–Crippen MR) is 98.5 cm³/mol. The minimum Gasteiger partial charge on any atom is -0.507 e. The Hall–Kier alpha value is -2.56. The molecule has 1 heterocycles. The van der Waals surface area contributed by atoms with Gasteiger partial charge in [0, 0.05) is 0 Å². The zero-order chi connectivity index (χ0) is 18.0. The molecule has 0 radical (unpaired) electrons. The number of halogens is 1. The summed E-state index contributed by atoms with van der Waals surface area (Å²) >= 11 is 4.10. The lowest BCUT2D eigenvalue weighted by molar-refractivity contribution is -0.123. The molecule has 0 atom stereocenters. The Kier molecular flexibility index (Phi) is 4.93. The van der Waals surface area contributed by atoms with Crippen LogP contribution in [-0.2, 0) is 11.3 Å². The van der Waals surface area contributed by atoms with Crippen LogP contribution in [0.25, 0.3) is 6.08 Å². The Labute approximate surface area is 156 Å². The van der Waals surface area contributed by atoms with Gasteiger partial charge in [-0.15, -0.1) is 0 Å². The van der Waals surface area contributed by atoms with Gasteiger partial charge in [0.15, 0.2) is 0 Å². The maximum absolute atomic E-state index is 12.5. The number of nitriles is 1. The number of hydrogen-bond donors (Lipinski definition) is 1. The Bertz CT molecular complexity index is 932. The van der Waals surface area contributed by atoms with E-state index in [1.807, 2.05) is 6.07 Å². The molecule has 7 heteroatoms. The SMILES string of the molecule is N#Cc1ccc(CN2C(=O)S/C(=C/c3ccc(O)c(Br)c3)C2=O)cc1. The highest BCUT2D eigenvalue weighted by molar-refractivity contribution is 9.10. The summed E-state index contributed by atoms with van der Waals surface area (Å²) in [6, 6.07) is 13.6. The van der Waals surface area contributed by atoms with Crippen molar-refractivity contribution in [3.63, 3.8) is 0 Å². The number of thioether (sulfide) groups is 1. The number of imide groups is 1. The lowest BCUT2D eigenvalue weighted by Crippen LogP contribution is -2.27. The topological polar surface area (TPSA) is 81.4 Å². The molecule has 0 bridgehead atoms. The molecule has 1 N–H and O–H groups in total. The Balaban J connectivity index is 1.80. The van der Waals surface area contributed by atoms with Gasteiger partial charge in [0.25, 0.3) is 11.1 Å². The van der Waals surface area contributed by atoms with E-state index in [1.54, 1.807) is 42.5 Å². The summed E-state index contributed by atoms with van der Waals surface area (Å²) in [5, 5.41) is 18.0. The van der Waals surface area contributed by atoms with E-state index in [4.69, 9.17) is 5.26 Å². The fourth-order valence-electron chi connectivity index (χ4n) is 2.27. The van der Waals surface area contributed by atoms with E-state index in [2.05, 4.69) is 15.9 Å². The van der Waals surface area contributed by atoms with Gasteiger partial charge in [0.05, 0.1) is 27.6 Å². The van der Waals surface area contributed by atoms with Crippen LogP contribution in [0, 0.1) is 11.3 Å². The molecule has 0 saturated carbocycles. The molecule has 1 saturated heterocycles. The van der Waals surface area contributed by atoms with Crippen LogP contribution < -0.4 is 0 Å². The zero-order valence-corrected chi connectivity index (χ0v) is 15.2. The van der Waals surface area contributed by atoms with Crippen molar-refractivity contribution < 1.29 is 14.7 Å². The minimum atomic E-state index is -0.358. The van der Waals surface area contributed by atoms with Crippen LogP contribution in [0.4, 0.5) is 4.79 Å². The van der Waals surface area contributed by atoms with Crippen LogP contribution in [-0.4, -0.2) is 21.2 Å². The fourth-order valence-corrected chi connectivity index (χ4v) is 3.50.